The Balaban J connectivity index is 2.29. The summed E-state index contributed by atoms with van der Waals surface area (Å²) in [7, 11) is -3.67. The molecule has 0 aliphatic rings. The number of rotatable bonds is 7. The van der Waals surface area contributed by atoms with E-state index in [-0.39, 0.29) is 22.7 Å². The molecule has 0 radical (unpaired) electrons. The Bertz CT molecular complexity index is 962. The van der Waals surface area contributed by atoms with Crippen LogP contribution < -0.4 is 14.8 Å². The molecule has 0 aliphatic carbocycles. The number of nitrogens with one attached hydrogen (secondary N) is 2. The minimum atomic E-state index is -4.65. The van der Waals surface area contributed by atoms with Gasteiger partial charge in [-0.25, -0.2) is 12.8 Å². The highest BCUT2D eigenvalue weighted by molar-refractivity contribution is 7.92. The van der Waals surface area contributed by atoms with E-state index in [4.69, 9.17) is 0 Å². The SMILES string of the molecule is CCS(=O)(=O)Nc1ccccc1C(=O)Nc1ccc(F)cc1OCC(F)(F)F. The molecule has 28 heavy (non-hydrogen) atoms. The summed E-state index contributed by atoms with van der Waals surface area (Å²) < 4.78 is 80.8. The van der Waals surface area contributed by atoms with E-state index >= 15 is 0 Å². The predicted molar refractivity (Wildman–Crippen MR) is 95.4 cm³/mol. The standard InChI is InChI=1S/C17H16F4N2O4S/c1-2-28(25,26)23-13-6-4-3-5-12(13)16(24)22-14-8-7-11(18)9-15(14)27-10-17(19,20)21/h3-9,23H,2,10H2,1H3,(H,22,24). The van der Waals surface area contributed by atoms with Gasteiger partial charge < -0.3 is 10.1 Å². The molecule has 0 unspecified atom stereocenters. The number of halogens is 4. The predicted octanol–water partition coefficient (Wildman–Crippen LogP) is 3.78. The number of hydrogen-bond donors (Lipinski definition) is 2. The number of benzene rings is 2. The maximum atomic E-state index is 13.4. The van der Waals surface area contributed by atoms with E-state index in [1.807, 2.05) is 0 Å². The largest absolute Gasteiger partial charge is 0.482 e. The van der Waals surface area contributed by atoms with Crippen LogP contribution in [-0.2, 0) is 10.0 Å². The van der Waals surface area contributed by atoms with Crippen LogP contribution >= 0.6 is 0 Å². The summed E-state index contributed by atoms with van der Waals surface area (Å²) in [6.45, 7) is -0.264. The van der Waals surface area contributed by atoms with Gasteiger partial charge >= 0.3 is 6.18 Å². The van der Waals surface area contributed by atoms with Crippen LogP contribution in [0.1, 0.15) is 17.3 Å². The molecule has 1 amide bonds. The number of carbonyl (C=O) groups is 1. The van der Waals surface area contributed by atoms with Crippen molar-refractivity contribution in [2.75, 3.05) is 22.4 Å². The van der Waals surface area contributed by atoms with Crippen LogP contribution in [0.2, 0.25) is 0 Å². The minimum Gasteiger partial charge on any atom is -0.482 e. The Morgan fingerprint density at radius 1 is 1.11 bits per heavy atom. The van der Waals surface area contributed by atoms with Gasteiger partial charge in [-0.3, -0.25) is 9.52 Å². The van der Waals surface area contributed by atoms with Gasteiger partial charge in [0.05, 0.1) is 22.7 Å². The first kappa shape index (κ1) is 21.5. The maximum Gasteiger partial charge on any atom is 0.422 e. The van der Waals surface area contributed by atoms with Crippen LogP contribution in [-0.4, -0.2) is 32.9 Å². The van der Waals surface area contributed by atoms with Crippen molar-refractivity contribution in [3.63, 3.8) is 0 Å². The number of anilines is 2. The van der Waals surface area contributed by atoms with Gasteiger partial charge in [0.1, 0.15) is 11.6 Å². The molecule has 2 N–H and O–H groups in total. The second-order valence-corrected chi connectivity index (χ2v) is 7.56. The zero-order valence-corrected chi connectivity index (χ0v) is 15.3. The molecule has 2 aromatic rings. The fraction of sp³-hybridized carbons (Fsp3) is 0.235. The maximum absolute atomic E-state index is 13.4. The fourth-order valence-corrected chi connectivity index (χ4v) is 2.74. The molecule has 0 fully saturated rings. The summed E-state index contributed by atoms with van der Waals surface area (Å²) in [6.07, 6.45) is -4.65. The third-order valence-electron chi connectivity index (χ3n) is 3.40. The van der Waals surface area contributed by atoms with Gasteiger partial charge in [-0.15, -0.1) is 0 Å². The Hall–Kier alpha value is -2.82. The molecular weight excluding hydrogens is 404 g/mol. The lowest BCUT2D eigenvalue weighted by Gasteiger charge is -2.15. The average molecular weight is 420 g/mol. The number of para-hydroxylation sites is 1. The first-order chi connectivity index (χ1) is 13.0. The monoisotopic (exact) mass is 420 g/mol. The van der Waals surface area contributed by atoms with Crippen molar-refractivity contribution in [2.45, 2.75) is 13.1 Å². The number of alkyl halides is 3. The van der Waals surface area contributed by atoms with Gasteiger partial charge in [0, 0.05) is 6.07 Å². The van der Waals surface area contributed by atoms with E-state index in [0.717, 1.165) is 12.1 Å². The van der Waals surface area contributed by atoms with E-state index in [2.05, 4.69) is 14.8 Å². The lowest BCUT2D eigenvalue weighted by atomic mass is 10.1. The number of hydrogen-bond acceptors (Lipinski definition) is 4. The molecule has 0 heterocycles. The van der Waals surface area contributed by atoms with Crippen molar-refractivity contribution < 1.29 is 35.5 Å². The zero-order valence-electron chi connectivity index (χ0n) is 14.5. The first-order valence-electron chi connectivity index (χ1n) is 7.91. The Labute approximate surface area is 158 Å². The van der Waals surface area contributed by atoms with Crippen molar-refractivity contribution in [3.05, 3.63) is 53.8 Å². The Morgan fingerprint density at radius 3 is 2.43 bits per heavy atom. The van der Waals surface area contributed by atoms with Gasteiger partial charge in [0.2, 0.25) is 10.0 Å². The van der Waals surface area contributed by atoms with Crippen molar-refractivity contribution in [3.8, 4) is 5.75 Å². The lowest BCUT2D eigenvalue weighted by molar-refractivity contribution is -0.153. The van der Waals surface area contributed by atoms with Crippen molar-refractivity contribution >= 4 is 27.3 Å². The smallest absolute Gasteiger partial charge is 0.422 e. The normalized spacial score (nSPS) is 11.8. The minimum absolute atomic E-state index is 0.0123. The summed E-state index contributed by atoms with van der Waals surface area (Å²) in [5, 5.41) is 2.30. The van der Waals surface area contributed by atoms with Gasteiger partial charge in [0.25, 0.3) is 5.91 Å². The number of amides is 1. The van der Waals surface area contributed by atoms with Crippen molar-refractivity contribution in [1.29, 1.82) is 0 Å². The number of sulfonamides is 1. The molecule has 11 heteroatoms. The molecule has 2 rings (SSSR count). The van der Waals surface area contributed by atoms with Crippen LogP contribution in [0, 0.1) is 5.82 Å². The van der Waals surface area contributed by atoms with Crippen molar-refractivity contribution in [2.24, 2.45) is 0 Å². The molecule has 0 saturated carbocycles. The van der Waals surface area contributed by atoms with E-state index < -0.39 is 40.3 Å². The number of ether oxygens (including phenoxy) is 1. The van der Waals surface area contributed by atoms with E-state index in [1.165, 1.54) is 31.2 Å². The van der Waals surface area contributed by atoms with Crippen LogP contribution in [0.25, 0.3) is 0 Å². The molecule has 0 saturated heterocycles. The van der Waals surface area contributed by atoms with Crippen LogP contribution in [0.5, 0.6) is 5.75 Å². The molecule has 0 aromatic heterocycles. The van der Waals surface area contributed by atoms with Gasteiger partial charge in [0.15, 0.2) is 6.61 Å². The highest BCUT2D eigenvalue weighted by atomic mass is 32.2. The molecule has 0 bridgehead atoms. The Morgan fingerprint density at radius 2 is 1.79 bits per heavy atom. The molecular formula is C17H16F4N2O4S. The Kier molecular flexibility index (Phi) is 6.49. The molecule has 6 nitrogen and oxygen atoms in total. The topological polar surface area (TPSA) is 84.5 Å². The van der Waals surface area contributed by atoms with Gasteiger partial charge in [-0.1, -0.05) is 12.1 Å². The highest BCUT2D eigenvalue weighted by Gasteiger charge is 2.29. The lowest BCUT2D eigenvalue weighted by Crippen LogP contribution is -2.21. The third-order valence-corrected chi connectivity index (χ3v) is 4.69. The van der Waals surface area contributed by atoms with Crippen molar-refractivity contribution in [1.82, 2.24) is 0 Å². The van der Waals surface area contributed by atoms with E-state index in [9.17, 15) is 30.8 Å². The average Bonchev–Trinajstić information content (AvgIpc) is 2.61. The third kappa shape index (κ3) is 6.12. The molecule has 2 aromatic carbocycles. The summed E-state index contributed by atoms with van der Waals surface area (Å²) in [4.78, 5) is 12.5. The second kappa shape index (κ2) is 8.46. The molecule has 0 aliphatic heterocycles. The van der Waals surface area contributed by atoms with Crippen LogP contribution in [0.3, 0.4) is 0 Å². The zero-order chi connectivity index (χ0) is 20.9. The van der Waals surface area contributed by atoms with E-state index in [0.29, 0.717) is 6.07 Å². The summed E-state index contributed by atoms with van der Waals surface area (Å²) >= 11 is 0. The fourth-order valence-electron chi connectivity index (χ4n) is 2.08. The quantitative estimate of drug-likeness (QED) is 0.668. The van der Waals surface area contributed by atoms with Crippen LogP contribution in [0.4, 0.5) is 28.9 Å². The van der Waals surface area contributed by atoms with Crippen LogP contribution in [0.15, 0.2) is 42.5 Å². The molecule has 152 valence electrons. The van der Waals surface area contributed by atoms with E-state index in [1.54, 1.807) is 0 Å². The molecule has 0 atom stereocenters. The first-order valence-corrected chi connectivity index (χ1v) is 9.56. The number of carbonyl (C=O) groups excluding carboxylic acids is 1. The van der Waals surface area contributed by atoms with Gasteiger partial charge in [-0.2, -0.15) is 13.2 Å². The molecule has 0 spiro atoms. The summed E-state index contributed by atoms with van der Waals surface area (Å²) in [6, 6.07) is 8.33. The second-order valence-electron chi connectivity index (χ2n) is 5.55. The summed E-state index contributed by atoms with van der Waals surface area (Å²) in [5.74, 6) is -2.42. The van der Waals surface area contributed by atoms with Gasteiger partial charge in [-0.05, 0) is 31.2 Å². The highest BCUT2D eigenvalue weighted by Crippen LogP contribution is 2.29. The summed E-state index contributed by atoms with van der Waals surface area (Å²) in [5.41, 5.74) is -0.295.